The summed E-state index contributed by atoms with van der Waals surface area (Å²) in [4.78, 5) is 88.2. The molecule has 0 aliphatic carbocycles. The summed E-state index contributed by atoms with van der Waals surface area (Å²) in [5, 5.41) is 122. The van der Waals surface area contributed by atoms with E-state index in [2.05, 4.69) is 58.5 Å². The average Bonchev–Trinajstić information content (AvgIpc) is 0.836. The van der Waals surface area contributed by atoms with Crippen molar-refractivity contribution < 1.29 is 151 Å². The number of amides is 7. The predicted octanol–water partition coefficient (Wildman–Crippen LogP) is -8.71. The van der Waals surface area contributed by atoms with E-state index in [9.17, 15) is 79.5 Å². The zero-order valence-corrected chi connectivity index (χ0v) is 63.8. The molecule has 1 aromatic carbocycles. The molecule has 0 aromatic heterocycles. The molecule has 3 saturated heterocycles. The Bertz CT molecular complexity index is 2630. The van der Waals surface area contributed by atoms with Crippen LogP contribution >= 0.6 is 24.4 Å². The predicted molar refractivity (Wildman–Crippen MR) is 391 cm³/mol. The summed E-state index contributed by atoms with van der Waals surface area (Å²) < 4.78 is 85.0. The van der Waals surface area contributed by atoms with Crippen LogP contribution < -0.4 is 58.5 Å². The van der Waals surface area contributed by atoms with Crippen molar-refractivity contribution in [1.29, 1.82) is 0 Å². The lowest BCUT2D eigenvalue weighted by Gasteiger charge is -2.42. The summed E-state index contributed by atoms with van der Waals surface area (Å²) in [5.41, 5.74) is -0.243. The second-order valence-electron chi connectivity index (χ2n) is 25.0. The topological polar surface area (TPSA) is 572 Å². The highest BCUT2D eigenvalue weighted by atomic mass is 32.1. The van der Waals surface area contributed by atoms with Crippen molar-refractivity contribution in [3.8, 4) is 0 Å². The van der Waals surface area contributed by atoms with E-state index >= 15 is 0 Å². The van der Waals surface area contributed by atoms with Crippen molar-refractivity contribution >= 4 is 87.4 Å². The maximum Gasteiger partial charge on any atom is 0.240 e. The highest BCUT2D eigenvalue weighted by Crippen LogP contribution is 2.25. The summed E-state index contributed by atoms with van der Waals surface area (Å²) in [6.45, 7) is 1.48. The number of hydrogen-bond donors (Lipinski definition) is 20. The number of carbonyl (C=O) groups is 7. The fraction of sp³-hybridized carbons (Fsp3) is 0.773. The zero-order chi connectivity index (χ0) is 80.6. The van der Waals surface area contributed by atoms with Crippen molar-refractivity contribution in [2.45, 2.75) is 138 Å². The van der Waals surface area contributed by atoms with Crippen LogP contribution in [0.1, 0.15) is 40.0 Å². The van der Waals surface area contributed by atoms with Gasteiger partial charge in [-0.05, 0) is 48.7 Å². The number of benzene rings is 1. The van der Waals surface area contributed by atoms with Crippen LogP contribution in [-0.2, 0) is 105 Å². The van der Waals surface area contributed by atoms with Gasteiger partial charge in [0.2, 0.25) is 41.4 Å². The number of anilines is 2. The molecule has 3 aliphatic rings. The Morgan fingerprint density at radius 3 is 0.973 bits per heavy atom. The molecule has 6 unspecified atom stereocenters. The van der Waals surface area contributed by atoms with Gasteiger partial charge >= 0.3 is 0 Å². The lowest BCUT2D eigenvalue weighted by molar-refractivity contribution is -0.272. The maximum atomic E-state index is 14.0. The third-order valence-corrected chi connectivity index (χ3v) is 16.7. The third-order valence-electron chi connectivity index (χ3n) is 16.1. The third kappa shape index (κ3) is 38.2. The van der Waals surface area contributed by atoms with Crippen molar-refractivity contribution in [2.24, 2.45) is 0 Å². The zero-order valence-electron chi connectivity index (χ0n) is 62.2. The van der Waals surface area contributed by atoms with E-state index in [-0.39, 0.29) is 189 Å². The van der Waals surface area contributed by atoms with Crippen LogP contribution in [0.5, 0.6) is 0 Å². The van der Waals surface area contributed by atoms with Crippen LogP contribution in [0.25, 0.3) is 0 Å². The molecule has 0 saturated carbocycles. The molecule has 630 valence electrons. The molecular weight excluding hydrogens is 1510 g/mol. The van der Waals surface area contributed by atoms with Crippen LogP contribution in [0.2, 0.25) is 0 Å². The second-order valence-corrected chi connectivity index (χ2v) is 25.8. The lowest BCUT2D eigenvalue weighted by Crippen LogP contribution is -2.64. The molecule has 3 heterocycles. The van der Waals surface area contributed by atoms with Gasteiger partial charge in [0.25, 0.3) is 0 Å². The van der Waals surface area contributed by atoms with E-state index in [1.165, 1.54) is 20.8 Å². The van der Waals surface area contributed by atoms with Gasteiger partial charge < -0.3 is 175 Å². The van der Waals surface area contributed by atoms with Crippen LogP contribution in [0.3, 0.4) is 0 Å². The fourth-order valence-corrected chi connectivity index (χ4v) is 10.9. The molecule has 0 bridgehead atoms. The second kappa shape index (κ2) is 55.4. The van der Waals surface area contributed by atoms with Crippen molar-refractivity contribution in [3.63, 3.8) is 0 Å². The number of aliphatic hydroxyl groups excluding tert-OH is 9. The minimum atomic E-state index is -1.53. The molecule has 0 spiro atoms. The fourth-order valence-electron chi connectivity index (χ4n) is 10.6. The van der Waals surface area contributed by atoms with Crippen LogP contribution in [0.15, 0.2) is 24.3 Å². The van der Waals surface area contributed by atoms with Gasteiger partial charge in [-0.25, -0.2) is 0 Å². The van der Waals surface area contributed by atoms with Crippen molar-refractivity contribution in [2.75, 3.05) is 202 Å². The molecule has 3 fully saturated rings. The SMILES string of the molecule is CNC(=S)Nc1ccc(NC(=S)NCC(=O)NC(COCCC(=O)NCCOCCOCCO[C@@H]2OC(CO)[C@H](O)C(O)[C@@H]2NC(C)=O)(COCCC(=O)NCCOCCOCCO[C@@H]2OC(CO)[C@H](O)C(O)[C@@H]2NC(C)=O)COCCC(=O)NCCOCCOCCO[C@@H]2OC(CO)[C@H](O)C(O)[C@@H]2NC(C)=O)cc1. The molecule has 1 aromatic rings. The number of nitrogens with one attached hydrogen (secondary N) is 11. The van der Waals surface area contributed by atoms with Gasteiger partial charge in [-0.2, -0.15) is 0 Å². The number of aliphatic hydroxyl groups is 9. The summed E-state index contributed by atoms with van der Waals surface area (Å²) >= 11 is 10.7. The van der Waals surface area contributed by atoms with Gasteiger partial charge in [-0.3, -0.25) is 33.6 Å². The Morgan fingerprint density at radius 2 is 0.682 bits per heavy atom. The van der Waals surface area contributed by atoms with Gasteiger partial charge in [-0.15, -0.1) is 0 Å². The Kier molecular flexibility index (Phi) is 48.5. The summed E-state index contributed by atoms with van der Waals surface area (Å²) in [5.74, 6) is -3.35. The first-order valence-electron chi connectivity index (χ1n) is 35.8. The maximum absolute atomic E-state index is 14.0. The molecule has 15 atom stereocenters. The molecule has 3 aliphatic heterocycles. The molecular formula is C66H113N11O31S2. The first-order valence-corrected chi connectivity index (χ1v) is 36.6. The van der Waals surface area contributed by atoms with E-state index in [4.69, 9.17) is 95.5 Å². The Labute approximate surface area is 647 Å². The van der Waals surface area contributed by atoms with E-state index in [1.54, 1.807) is 31.3 Å². The molecule has 7 amide bonds. The molecule has 110 heavy (non-hydrogen) atoms. The Balaban J connectivity index is 1.29. The highest BCUT2D eigenvalue weighted by molar-refractivity contribution is 7.80. The van der Waals surface area contributed by atoms with E-state index in [1.807, 2.05) is 0 Å². The smallest absolute Gasteiger partial charge is 0.240 e. The van der Waals surface area contributed by atoms with E-state index in [0.717, 1.165) is 0 Å². The highest BCUT2D eigenvalue weighted by Gasteiger charge is 2.48. The van der Waals surface area contributed by atoms with Crippen LogP contribution in [0.4, 0.5) is 11.4 Å². The minimum absolute atomic E-state index is 0.0420. The van der Waals surface area contributed by atoms with Gasteiger partial charge in [0.05, 0.1) is 165 Å². The van der Waals surface area contributed by atoms with E-state index in [0.29, 0.717) is 16.5 Å². The van der Waals surface area contributed by atoms with Gasteiger partial charge in [0, 0.05) is 78.1 Å². The largest absolute Gasteiger partial charge is 0.394 e. The van der Waals surface area contributed by atoms with Crippen LogP contribution in [-0.4, -0.2) is 387 Å². The summed E-state index contributed by atoms with van der Waals surface area (Å²) in [6, 6.07) is 3.66. The molecule has 44 heteroatoms. The number of rotatable bonds is 56. The summed E-state index contributed by atoms with van der Waals surface area (Å²) in [7, 11) is 1.68. The normalized spacial score (nSPS) is 24.4. The average molecular weight is 1620 g/mol. The minimum Gasteiger partial charge on any atom is -0.394 e. The van der Waals surface area contributed by atoms with Crippen molar-refractivity contribution in [1.82, 2.24) is 47.9 Å². The molecule has 4 rings (SSSR count). The number of thiocarbonyl (C=S) groups is 2. The van der Waals surface area contributed by atoms with Gasteiger partial charge in [0.1, 0.15) is 78.6 Å². The monoisotopic (exact) mass is 1620 g/mol. The van der Waals surface area contributed by atoms with Gasteiger partial charge in [0.15, 0.2) is 29.1 Å². The molecule has 42 nitrogen and oxygen atoms in total. The lowest BCUT2D eigenvalue weighted by atomic mass is 9.97. The number of carbonyl (C=O) groups excluding carboxylic acids is 7. The number of hydrogen-bond acceptors (Lipinski definition) is 33. The molecule has 20 N–H and O–H groups in total. The van der Waals surface area contributed by atoms with Crippen LogP contribution in [0, 0.1) is 0 Å². The first-order chi connectivity index (χ1) is 52.8. The van der Waals surface area contributed by atoms with Crippen molar-refractivity contribution in [3.05, 3.63) is 24.3 Å². The van der Waals surface area contributed by atoms with Gasteiger partial charge in [-0.1, -0.05) is 0 Å². The number of ether oxygens (including phenoxy) is 15. The standard InChI is InChI=1S/C66H113N11O31S2/c1-40(81)72-52-58(91)55(88)45(34-78)106-61(52)103-30-27-97-24-21-94-18-12-68-48(84)9-15-100-37-66(77-51(87)33-71-65(110)76-44-7-5-43(6-8-44)75-64(109)67-4,38-101-16-10-49(85)69-13-19-95-22-25-98-28-31-104-62-53(73-41(2)82)59(92)56(89)46(35-79)107-62)39-102-17-11-50(86)70-14-20-96-23-26-99-29-32-105-63-54(74-42(3)83)60(93)57(90)47(36-80)108-63/h5-8,45-47,52-63,78-80,88-93H,9-39H2,1-4H3,(H,68,84)(H,69,85)(H,70,86)(H,72,81)(H,73,82)(H,74,83)(H,77,87)(H2,67,75,109)(H2,71,76,110)/t45?,46?,47?,52-,53-,54-,55-,56-,57-,58?,59?,60?,61+,62+,63+,66?/m0/s1. The molecule has 0 radical (unpaired) electrons. The Hall–Kier alpha value is -6.07. The quantitative estimate of drug-likeness (QED) is 0.0213. The Morgan fingerprint density at radius 1 is 0.391 bits per heavy atom. The first kappa shape index (κ1) is 96.3. The summed E-state index contributed by atoms with van der Waals surface area (Å²) in [6.07, 6.45) is -16.2. The van der Waals surface area contributed by atoms with E-state index < -0.39 is 159 Å².